The van der Waals surface area contributed by atoms with Crippen molar-refractivity contribution in [3.63, 3.8) is 0 Å². The summed E-state index contributed by atoms with van der Waals surface area (Å²) in [6, 6.07) is 2.10. The second kappa shape index (κ2) is 6.04. The number of alkyl halides is 3. The molecule has 3 rings (SSSR count). The second-order valence-corrected chi connectivity index (χ2v) is 6.03. The number of nitrogens with zero attached hydrogens (tertiary/aromatic N) is 3. The molecule has 1 atom stereocenters. The summed E-state index contributed by atoms with van der Waals surface area (Å²) in [6.07, 6.45) is -2.93. The monoisotopic (exact) mass is 342 g/mol. The lowest BCUT2D eigenvalue weighted by Gasteiger charge is -2.28. The van der Waals surface area contributed by atoms with Gasteiger partial charge in [-0.15, -0.1) is 0 Å². The Labute approximate surface area is 135 Å². The Kier molecular flexibility index (Phi) is 4.20. The molecule has 0 saturated heterocycles. The molecule has 0 unspecified atom stereocenters. The van der Waals surface area contributed by atoms with E-state index in [4.69, 9.17) is 0 Å². The molecule has 1 aliphatic rings. The van der Waals surface area contributed by atoms with Crippen LogP contribution in [-0.2, 0) is 11.0 Å². The van der Waals surface area contributed by atoms with Gasteiger partial charge in [0.15, 0.2) is 5.65 Å². The van der Waals surface area contributed by atoms with Gasteiger partial charge in [0.1, 0.15) is 11.2 Å². The van der Waals surface area contributed by atoms with Crippen LogP contribution >= 0.6 is 0 Å². The van der Waals surface area contributed by atoms with Crippen LogP contribution in [0.5, 0.6) is 0 Å². The number of rotatable bonds is 4. The third-order valence-corrected chi connectivity index (χ3v) is 4.00. The van der Waals surface area contributed by atoms with Crippen LogP contribution < -0.4 is 5.32 Å². The van der Waals surface area contributed by atoms with Crippen LogP contribution in [0.3, 0.4) is 0 Å². The first-order valence-electron chi connectivity index (χ1n) is 7.70. The molecule has 9 heteroatoms. The highest BCUT2D eigenvalue weighted by molar-refractivity contribution is 5.91. The second-order valence-electron chi connectivity index (χ2n) is 6.03. The highest BCUT2D eigenvalue weighted by atomic mass is 19.4. The molecule has 2 aromatic rings. The summed E-state index contributed by atoms with van der Waals surface area (Å²) in [7, 11) is 0. The third-order valence-electron chi connectivity index (χ3n) is 4.00. The number of pyridine rings is 1. The summed E-state index contributed by atoms with van der Waals surface area (Å²) >= 11 is 0. The predicted octanol–water partition coefficient (Wildman–Crippen LogP) is 2.88. The fourth-order valence-electron chi connectivity index (χ4n) is 2.65. The molecule has 6 nitrogen and oxygen atoms in total. The zero-order valence-electron chi connectivity index (χ0n) is 13.0. The molecule has 2 N–H and O–H groups in total. The standard InChI is InChI=1S/C15H17F3N4O2/c1-8(23)7-12(24)21-14-19-10-5-6-11(15(16,17)18)20-13(10)22(14)9-3-2-4-9/h5-6,8-9,23H,2-4,7H2,1H3,(H,19,21,24)/t8-/m1/s1. The van der Waals surface area contributed by atoms with E-state index in [1.165, 1.54) is 13.0 Å². The molecule has 1 aliphatic carbocycles. The molecule has 0 bridgehead atoms. The minimum atomic E-state index is -4.54. The maximum Gasteiger partial charge on any atom is 0.433 e. The van der Waals surface area contributed by atoms with E-state index in [-0.39, 0.29) is 24.1 Å². The van der Waals surface area contributed by atoms with Crippen LogP contribution in [0.25, 0.3) is 11.2 Å². The average molecular weight is 342 g/mol. The number of aliphatic hydroxyl groups excluding tert-OH is 1. The highest BCUT2D eigenvalue weighted by Gasteiger charge is 2.34. The smallest absolute Gasteiger partial charge is 0.393 e. The molecule has 0 spiro atoms. The molecule has 0 aliphatic heterocycles. The molecule has 1 saturated carbocycles. The number of carbonyl (C=O) groups excluding carboxylic acids is 1. The highest BCUT2D eigenvalue weighted by Crippen LogP contribution is 2.37. The molecule has 24 heavy (non-hydrogen) atoms. The van der Waals surface area contributed by atoms with Crippen LogP contribution in [0.4, 0.5) is 19.1 Å². The van der Waals surface area contributed by atoms with Gasteiger partial charge < -0.3 is 5.11 Å². The molecular formula is C15H17F3N4O2. The van der Waals surface area contributed by atoms with Crippen molar-refractivity contribution in [3.05, 3.63) is 17.8 Å². The summed E-state index contributed by atoms with van der Waals surface area (Å²) in [5, 5.41) is 11.8. The van der Waals surface area contributed by atoms with Gasteiger partial charge >= 0.3 is 6.18 Å². The largest absolute Gasteiger partial charge is 0.433 e. The van der Waals surface area contributed by atoms with Gasteiger partial charge in [-0.25, -0.2) is 9.97 Å². The maximum atomic E-state index is 12.9. The lowest BCUT2D eigenvalue weighted by molar-refractivity contribution is -0.141. The molecular weight excluding hydrogens is 325 g/mol. The van der Waals surface area contributed by atoms with E-state index < -0.39 is 23.9 Å². The lowest BCUT2D eigenvalue weighted by atomic mass is 9.93. The zero-order chi connectivity index (χ0) is 17.5. The van der Waals surface area contributed by atoms with E-state index in [1.807, 2.05) is 0 Å². The molecule has 130 valence electrons. The molecule has 0 aromatic carbocycles. The van der Waals surface area contributed by atoms with Gasteiger partial charge in [-0.3, -0.25) is 14.7 Å². The van der Waals surface area contributed by atoms with E-state index in [2.05, 4.69) is 15.3 Å². The Morgan fingerprint density at radius 2 is 2.12 bits per heavy atom. The van der Waals surface area contributed by atoms with E-state index >= 15 is 0 Å². The summed E-state index contributed by atoms with van der Waals surface area (Å²) in [4.78, 5) is 19.8. The molecule has 1 amide bonds. The number of aliphatic hydroxyl groups is 1. The minimum Gasteiger partial charge on any atom is -0.393 e. The van der Waals surface area contributed by atoms with Crippen molar-refractivity contribution >= 4 is 23.0 Å². The normalized spacial score (nSPS) is 16.9. The summed E-state index contributed by atoms with van der Waals surface area (Å²) in [5.41, 5.74) is -0.582. The van der Waals surface area contributed by atoms with Crippen molar-refractivity contribution in [2.75, 3.05) is 5.32 Å². The third kappa shape index (κ3) is 3.21. The first-order chi connectivity index (χ1) is 11.3. The van der Waals surface area contributed by atoms with Crippen LogP contribution in [0.1, 0.15) is 44.3 Å². The van der Waals surface area contributed by atoms with Crippen molar-refractivity contribution in [1.29, 1.82) is 0 Å². The number of amides is 1. The Morgan fingerprint density at radius 3 is 2.67 bits per heavy atom. The van der Waals surface area contributed by atoms with Crippen LogP contribution in [0.2, 0.25) is 0 Å². The van der Waals surface area contributed by atoms with Crippen molar-refractivity contribution in [1.82, 2.24) is 14.5 Å². The number of fused-ring (bicyclic) bond motifs is 1. The van der Waals surface area contributed by atoms with Crippen LogP contribution in [-0.4, -0.2) is 31.7 Å². The van der Waals surface area contributed by atoms with E-state index in [0.29, 0.717) is 5.52 Å². The SMILES string of the molecule is C[C@@H](O)CC(=O)Nc1nc2ccc(C(F)(F)F)nc2n1C1CCC1. The number of hydrogen-bond donors (Lipinski definition) is 2. The quantitative estimate of drug-likeness (QED) is 0.895. The van der Waals surface area contributed by atoms with E-state index in [1.54, 1.807) is 4.57 Å². The van der Waals surface area contributed by atoms with Crippen LogP contribution in [0, 0.1) is 0 Å². The Hall–Kier alpha value is -2.16. The topological polar surface area (TPSA) is 80.0 Å². The lowest BCUT2D eigenvalue weighted by Crippen LogP contribution is -2.24. The number of nitrogens with one attached hydrogen (secondary N) is 1. The number of aromatic nitrogens is 3. The van der Waals surface area contributed by atoms with Gasteiger partial charge in [-0.2, -0.15) is 13.2 Å². The van der Waals surface area contributed by atoms with Gasteiger partial charge in [0.2, 0.25) is 11.9 Å². The fourth-order valence-corrected chi connectivity index (χ4v) is 2.65. The fraction of sp³-hybridized carbons (Fsp3) is 0.533. The average Bonchev–Trinajstić information content (AvgIpc) is 2.72. The summed E-state index contributed by atoms with van der Waals surface area (Å²) in [5.74, 6) is -0.274. The van der Waals surface area contributed by atoms with Crippen molar-refractivity contribution < 1.29 is 23.1 Å². The molecule has 1 fully saturated rings. The summed E-state index contributed by atoms with van der Waals surface area (Å²) in [6.45, 7) is 1.48. The number of halogens is 3. The van der Waals surface area contributed by atoms with Gasteiger partial charge in [0.25, 0.3) is 0 Å². The first-order valence-corrected chi connectivity index (χ1v) is 7.70. The Balaban J connectivity index is 2.03. The Morgan fingerprint density at radius 1 is 1.42 bits per heavy atom. The Bertz CT molecular complexity index is 766. The molecule has 2 heterocycles. The number of hydrogen-bond acceptors (Lipinski definition) is 4. The van der Waals surface area contributed by atoms with Gasteiger partial charge in [-0.1, -0.05) is 0 Å². The van der Waals surface area contributed by atoms with Gasteiger partial charge in [0, 0.05) is 6.04 Å². The van der Waals surface area contributed by atoms with Crippen LogP contribution in [0.15, 0.2) is 12.1 Å². The predicted molar refractivity (Wildman–Crippen MR) is 80.3 cm³/mol. The summed E-state index contributed by atoms with van der Waals surface area (Å²) < 4.78 is 40.3. The van der Waals surface area contributed by atoms with Crippen molar-refractivity contribution in [2.24, 2.45) is 0 Å². The molecule has 2 aromatic heterocycles. The van der Waals surface area contributed by atoms with Gasteiger partial charge in [-0.05, 0) is 38.3 Å². The van der Waals surface area contributed by atoms with Crippen molar-refractivity contribution in [3.8, 4) is 0 Å². The first kappa shape index (κ1) is 16.7. The molecule has 0 radical (unpaired) electrons. The minimum absolute atomic E-state index is 0.0344. The number of imidazole rings is 1. The van der Waals surface area contributed by atoms with Crippen molar-refractivity contribution in [2.45, 2.75) is 50.9 Å². The maximum absolute atomic E-state index is 12.9. The van der Waals surface area contributed by atoms with Gasteiger partial charge in [0.05, 0.1) is 12.5 Å². The number of anilines is 1. The zero-order valence-corrected chi connectivity index (χ0v) is 13.0. The van der Waals surface area contributed by atoms with E-state index in [0.717, 1.165) is 25.3 Å². The van der Waals surface area contributed by atoms with E-state index in [9.17, 15) is 23.1 Å². The number of carbonyl (C=O) groups is 1.